The lowest BCUT2D eigenvalue weighted by molar-refractivity contribution is 0.259. The van der Waals surface area contributed by atoms with Crippen LogP contribution in [0.15, 0.2) is 0 Å². The predicted molar refractivity (Wildman–Crippen MR) is 42.7 cm³/mol. The fourth-order valence-electron chi connectivity index (χ4n) is 1.10. The van der Waals surface area contributed by atoms with Gasteiger partial charge in [0.25, 0.3) is 0 Å². The molecule has 0 aromatic rings. The maximum atomic E-state index is 5.15. The molecule has 0 bridgehead atoms. The highest BCUT2D eigenvalue weighted by Crippen LogP contribution is 2.02. The van der Waals surface area contributed by atoms with Crippen molar-refractivity contribution in [3.63, 3.8) is 0 Å². The van der Waals surface area contributed by atoms with E-state index in [-0.39, 0.29) is 0 Å². The van der Waals surface area contributed by atoms with Crippen LogP contribution in [0.2, 0.25) is 0 Å². The standard InChI is InChI=1S/C8H14N2/c1-3-6-10(2)7-8-4-5-9-8/h1,8-9H,4-7H2,2H3. The minimum Gasteiger partial charge on any atom is -0.313 e. The van der Waals surface area contributed by atoms with Crippen molar-refractivity contribution in [3.05, 3.63) is 0 Å². The molecule has 0 radical (unpaired) electrons. The van der Waals surface area contributed by atoms with Crippen LogP contribution < -0.4 is 5.32 Å². The largest absolute Gasteiger partial charge is 0.313 e. The first-order valence-electron chi connectivity index (χ1n) is 3.68. The first-order chi connectivity index (χ1) is 4.83. The van der Waals surface area contributed by atoms with Gasteiger partial charge in [-0.25, -0.2) is 0 Å². The first kappa shape index (κ1) is 7.59. The van der Waals surface area contributed by atoms with Crippen LogP contribution in [0.1, 0.15) is 6.42 Å². The summed E-state index contributed by atoms with van der Waals surface area (Å²) in [6, 6.07) is 0.693. The third-order valence-electron chi connectivity index (χ3n) is 1.82. The lowest BCUT2D eigenvalue weighted by Gasteiger charge is -2.30. The Balaban J connectivity index is 2.06. The van der Waals surface area contributed by atoms with Crippen molar-refractivity contribution in [2.75, 3.05) is 26.7 Å². The van der Waals surface area contributed by atoms with Crippen molar-refractivity contribution in [2.24, 2.45) is 0 Å². The number of hydrogen-bond donors (Lipinski definition) is 1. The Kier molecular flexibility index (Phi) is 2.73. The zero-order chi connectivity index (χ0) is 7.40. The number of terminal acetylenes is 1. The summed E-state index contributed by atoms with van der Waals surface area (Å²) in [7, 11) is 2.06. The summed E-state index contributed by atoms with van der Waals surface area (Å²) in [6.45, 7) is 3.02. The maximum absolute atomic E-state index is 5.15. The normalized spacial score (nSPS) is 23.9. The van der Waals surface area contributed by atoms with E-state index in [4.69, 9.17) is 6.42 Å². The molecule has 0 saturated carbocycles. The average molecular weight is 138 g/mol. The zero-order valence-corrected chi connectivity index (χ0v) is 6.43. The molecule has 1 N–H and O–H groups in total. The summed E-state index contributed by atoms with van der Waals surface area (Å²) in [6.07, 6.45) is 6.45. The van der Waals surface area contributed by atoms with Crippen LogP contribution in [0.4, 0.5) is 0 Å². The molecule has 0 aliphatic carbocycles. The van der Waals surface area contributed by atoms with E-state index < -0.39 is 0 Å². The second kappa shape index (κ2) is 3.60. The Morgan fingerprint density at radius 1 is 1.80 bits per heavy atom. The van der Waals surface area contributed by atoms with E-state index >= 15 is 0 Å². The molecule has 1 aliphatic rings. The SMILES string of the molecule is C#CCN(C)CC1CCN1. The number of likely N-dealkylation sites (N-methyl/N-ethyl adjacent to an activating group) is 1. The van der Waals surface area contributed by atoms with Gasteiger partial charge >= 0.3 is 0 Å². The molecule has 56 valence electrons. The maximum Gasteiger partial charge on any atom is 0.0596 e. The van der Waals surface area contributed by atoms with Gasteiger partial charge in [-0.05, 0) is 20.0 Å². The van der Waals surface area contributed by atoms with E-state index in [0.717, 1.165) is 13.1 Å². The Morgan fingerprint density at radius 2 is 2.50 bits per heavy atom. The van der Waals surface area contributed by atoms with Crippen LogP contribution >= 0.6 is 0 Å². The minimum absolute atomic E-state index is 0.693. The van der Waals surface area contributed by atoms with Crippen LogP contribution in [-0.2, 0) is 0 Å². The molecular weight excluding hydrogens is 124 g/mol. The number of rotatable bonds is 3. The molecule has 2 heteroatoms. The van der Waals surface area contributed by atoms with Gasteiger partial charge in [0.05, 0.1) is 6.54 Å². The molecule has 1 fully saturated rings. The molecule has 2 nitrogen and oxygen atoms in total. The zero-order valence-electron chi connectivity index (χ0n) is 6.43. The van der Waals surface area contributed by atoms with Crippen LogP contribution in [-0.4, -0.2) is 37.6 Å². The predicted octanol–water partition coefficient (Wildman–Crippen LogP) is -0.0867. The van der Waals surface area contributed by atoms with Crippen LogP contribution in [0.25, 0.3) is 0 Å². The molecule has 0 spiro atoms. The Bertz CT molecular complexity index is 133. The van der Waals surface area contributed by atoms with Gasteiger partial charge in [0.2, 0.25) is 0 Å². The Hall–Kier alpha value is -0.520. The smallest absolute Gasteiger partial charge is 0.0596 e. The molecule has 1 unspecified atom stereocenters. The second-order valence-electron chi connectivity index (χ2n) is 2.84. The third-order valence-corrected chi connectivity index (χ3v) is 1.82. The van der Waals surface area contributed by atoms with Crippen molar-refractivity contribution in [1.82, 2.24) is 10.2 Å². The fourth-order valence-corrected chi connectivity index (χ4v) is 1.10. The first-order valence-corrected chi connectivity index (χ1v) is 3.68. The van der Waals surface area contributed by atoms with Crippen molar-refractivity contribution < 1.29 is 0 Å². The van der Waals surface area contributed by atoms with Gasteiger partial charge in [-0.2, -0.15) is 0 Å². The van der Waals surface area contributed by atoms with Gasteiger partial charge < -0.3 is 5.32 Å². The van der Waals surface area contributed by atoms with Crippen LogP contribution in [0.3, 0.4) is 0 Å². The summed E-state index contributed by atoms with van der Waals surface area (Å²) in [5.74, 6) is 2.62. The van der Waals surface area contributed by atoms with E-state index in [0.29, 0.717) is 6.04 Å². The van der Waals surface area contributed by atoms with Crippen LogP contribution in [0.5, 0.6) is 0 Å². The van der Waals surface area contributed by atoms with Gasteiger partial charge in [0.15, 0.2) is 0 Å². The van der Waals surface area contributed by atoms with Crippen molar-refractivity contribution in [2.45, 2.75) is 12.5 Å². The Morgan fingerprint density at radius 3 is 2.90 bits per heavy atom. The van der Waals surface area contributed by atoms with Gasteiger partial charge in [-0.15, -0.1) is 6.42 Å². The van der Waals surface area contributed by atoms with E-state index in [1.165, 1.54) is 13.0 Å². The van der Waals surface area contributed by atoms with Gasteiger partial charge in [0.1, 0.15) is 0 Å². The van der Waals surface area contributed by atoms with Gasteiger partial charge in [0, 0.05) is 12.6 Å². The molecule has 1 saturated heterocycles. The third kappa shape index (κ3) is 2.02. The summed E-state index contributed by atoms with van der Waals surface area (Å²) >= 11 is 0. The average Bonchev–Trinajstić information content (AvgIpc) is 1.80. The number of nitrogens with zero attached hydrogens (tertiary/aromatic N) is 1. The molecule has 1 atom stereocenters. The molecule has 0 aromatic carbocycles. The molecule has 0 amide bonds. The van der Waals surface area contributed by atoms with Gasteiger partial charge in [-0.1, -0.05) is 5.92 Å². The minimum atomic E-state index is 0.693. The van der Waals surface area contributed by atoms with Crippen molar-refractivity contribution >= 4 is 0 Å². The summed E-state index contributed by atoms with van der Waals surface area (Å²) in [5, 5.41) is 3.32. The monoisotopic (exact) mass is 138 g/mol. The highest BCUT2D eigenvalue weighted by Gasteiger charge is 2.16. The van der Waals surface area contributed by atoms with Gasteiger partial charge in [-0.3, -0.25) is 4.90 Å². The van der Waals surface area contributed by atoms with Crippen molar-refractivity contribution in [1.29, 1.82) is 0 Å². The Labute approximate surface area is 62.6 Å². The molecule has 1 aliphatic heterocycles. The second-order valence-corrected chi connectivity index (χ2v) is 2.84. The van der Waals surface area contributed by atoms with E-state index in [1.807, 2.05) is 0 Å². The highest BCUT2D eigenvalue weighted by atomic mass is 15.1. The topological polar surface area (TPSA) is 15.3 Å². The summed E-state index contributed by atoms with van der Waals surface area (Å²) in [4.78, 5) is 2.16. The fraction of sp³-hybridized carbons (Fsp3) is 0.750. The summed E-state index contributed by atoms with van der Waals surface area (Å²) < 4.78 is 0. The van der Waals surface area contributed by atoms with E-state index in [2.05, 4.69) is 23.2 Å². The quantitative estimate of drug-likeness (QED) is 0.548. The van der Waals surface area contributed by atoms with Crippen LogP contribution in [0, 0.1) is 12.3 Å². The molecular formula is C8H14N2. The number of nitrogens with one attached hydrogen (secondary N) is 1. The number of hydrogen-bond acceptors (Lipinski definition) is 2. The molecule has 1 heterocycles. The van der Waals surface area contributed by atoms with E-state index in [1.54, 1.807) is 0 Å². The summed E-state index contributed by atoms with van der Waals surface area (Å²) in [5.41, 5.74) is 0. The van der Waals surface area contributed by atoms with E-state index in [9.17, 15) is 0 Å². The highest BCUT2D eigenvalue weighted by molar-refractivity contribution is 4.89. The molecule has 1 rings (SSSR count). The lowest BCUT2D eigenvalue weighted by atomic mass is 10.1. The molecule has 10 heavy (non-hydrogen) atoms. The van der Waals surface area contributed by atoms with Crippen molar-refractivity contribution in [3.8, 4) is 12.3 Å². The lowest BCUT2D eigenvalue weighted by Crippen LogP contribution is -2.49. The molecule has 0 aromatic heterocycles.